The fourth-order valence-electron chi connectivity index (χ4n) is 2.70. The molecule has 3 rings (SSSR count). The number of halogens is 4. The van der Waals surface area contributed by atoms with Gasteiger partial charge in [0.2, 0.25) is 5.88 Å². The summed E-state index contributed by atoms with van der Waals surface area (Å²) in [4.78, 5) is 15.6. The van der Waals surface area contributed by atoms with Crippen LogP contribution in [0.5, 0.6) is 17.4 Å². The zero-order valence-corrected chi connectivity index (χ0v) is 17.5. The molecule has 0 aliphatic rings. The third kappa shape index (κ3) is 5.59. The van der Waals surface area contributed by atoms with Gasteiger partial charge in [0.15, 0.2) is 6.10 Å². The Balaban J connectivity index is 1.77. The van der Waals surface area contributed by atoms with Crippen molar-refractivity contribution in [2.24, 2.45) is 0 Å². The van der Waals surface area contributed by atoms with Crippen LogP contribution >= 0.6 is 11.6 Å². The quantitative estimate of drug-likeness (QED) is 0.300. The van der Waals surface area contributed by atoms with Crippen LogP contribution < -0.4 is 9.47 Å². The van der Waals surface area contributed by atoms with Crippen LogP contribution in [0.3, 0.4) is 0 Å². The first kappa shape index (κ1) is 23.1. The highest BCUT2D eigenvalue weighted by molar-refractivity contribution is 6.31. The number of rotatable bonds is 7. The summed E-state index contributed by atoms with van der Waals surface area (Å²) in [5, 5.41) is -0.279. The number of esters is 1. The third-order valence-electron chi connectivity index (χ3n) is 4.29. The van der Waals surface area contributed by atoms with Gasteiger partial charge in [0.25, 0.3) is 0 Å². The number of aromatic nitrogens is 1. The summed E-state index contributed by atoms with van der Waals surface area (Å²) in [6, 6.07) is 15.9. The summed E-state index contributed by atoms with van der Waals surface area (Å²) in [7, 11) is 1.25. The van der Waals surface area contributed by atoms with Gasteiger partial charge in [-0.05, 0) is 35.9 Å². The summed E-state index contributed by atoms with van der Waals surface area (Å²) in [5.41, 5.74) is -0.167. The zero-order chi connectivity index (χ0) is 23.3. The average Bonchev–Trinajstić information content (AvgIpc) is 2.78. The van der Waals surface area contributed by atoms with Crippen LogP contribution in [0.1, 0.15) is 17.2 Å². The molecule has 0 saturated carbocycles. The first-order chi connectivity index (χ1) is 15.2. The molecule has 0 saturated heterocycles. The number of carbonyl (C=O) groups is 1. The number of pyridine rings is 1. The minimum atomic E-state index is -4.56. The predicted octanol–water partition coefficient (Wildman–Crippen LogP) is 6.40. The lowest BCUT2D eigenvalue weighted by Gasteiger charge is -2.20. The number of hydrogen-bond donors (Lipinski definition) is 0. The maximum Gasteiger partial charge on any atom is 0.417 e. The van der Waals surface area contributed by atoms with Gasteiger partial charge in [-0.2, -0.15) is 13.2 Å². The van der Waals surface area contributed by atoms with E-state index >= 15 is 0 Å². The topological polar surface area (TPSA) is 57.7 Å². The van der Waals surface area contributed by atoms with Crippen LogP contribution in [0, 0.1) is 0 Å². The summed E-state index contributed by atoms with van der Waals surface area (Å²) >= 11 is 5.87. The van der Waals surface area contributed by atoms with Crippen molar-refractivity contribution in [2.45, 2.75) is 12.3 Å². The van der Waals surface area contributed by atoms with Crippen LogP contribution in [0.4, 0.5) is 13.2 Å². The van der Waals surface area contributed by atoms with E-state index in [2.05, 4.69) is 11.6 Å². The van der Waals surface area contributed by atoms with Gasteiger partial charge in [-0.1, -0.05) is 48.5 Å². The summed E-state index contributed by atoms with van der Waals surface area (Å²) in [6.45, 7) is 3.78. The summed E-state index contributed by atoms with van der Waals surface area (Å²) in [6.07, 6.45) is -4.71. The highest BCUT2D eigenvalue weighted by atomic mass is 35.5. The molecule has 1 heterocycles. The van der Waals surface area contributed by atoms with Crippen LogP contribution in [-0.2, 0) is 15.7 Å². The van der Waals surface area contributed by atoms with Crippen LogP contribution in [0.25, 0.3) is 0 Å². The lowest BCUT2D eigenvalue weighted by molar-refractivity contribution is -0.138. The Hall–Kier alpha value is -3.52. The standard InChI is InChI=1S/C23H17ClF3NO4/c1-14(22(29)30-2)20(15-6-4-3-5-7-15)31-17-8-10-18(11-9-17)32-21-19(24)12-16(13-28-21)23(25,26)27/h3-13,20H,1H2,2H3. The van der Waals surface area contributed by atoms with E-state index in [1.54, 1.807) is 36.4 Å². The Labute approximate surface area is 187 Å². The van der Waals surface area contributed by atoms with Gasteiger partial charge in [0, 0.05) is 6.20 Å². The molecule has 0 radical (unpaired) electrons. The molecular weight excluding hydrogens is 447 g/mol. The Morgan fingerprint density at radius 3 is 2.25 bits per heavy atom. The van der Waals surface area contributed by atoms with Crippen LogP contribution in [0.2, 0.25) is 5.02 Å². The molecule has 0 spiro atoms. The largest absolute Gasteiger partial charge is 0.481 e. The highest BCUT2D eigenvalue weighted by Gasteiger charge is 2.32. The maximum atomic E-state index is 12.7. The van der Waals surface area contributed by atoms with E-state index in [0.29, 0.717) is 17.5 Å². The van der Waals surface area contributed by atoms with Crippen molar-refractivity contribution in [3.63, 3.8) is 0 Å². The van der Waals surface area contributed by atoms with Crippen LogP contribution in [-0.4, -0.2) is 18.1 Å². The van der Waals surface area contributed by atoms with Crippen molar-refractivity contribution in [3.8, 4) is 17.4 Å². The molecule has 0 bridgehead atoms. The number of ether oxygens (including phenoxy) is 3. The molecule has 3 aromatic rings. The van der Waals surface area contributed by atoms with Crippen LogP contribution in [0.15, 0.2) is 79.0 Å². The van der Waals surface area contributed by atoms with Crippen molar-refractivity contribution in [2.75, 3.05) is 7.11 Å². The molecule has 0 aliphatic carbocycles. The molecule has 1 unspecified atom stereocenters. The van der Waals surface area contributed by atoms with E-state index in [0.717, 1.165) is 6.07 Å². The number of benzene rings is 2. The number of alkyl halides is 3. The second kappa shape index (κ2) is 9.74. The van der Waals surface area contributed by atoms with Crippen molar-refractivity contribution in [1.82, 2.24) is 4.98 Å². The smallest absolute Gasteiger partial charge is 0.417 e. The van der Waals surface area contributed by atoms with E-state index < -0.39 is 23.8 Å². The van der Waals surface area contributed by atoms with E-state index in [1.807, 2.05) is 6.07 Å². The van der Waals surface area contributed by atoms with Gasteiger partial charge in [0.05, 0.1) is 18.2 Å². The minimum Gasteiger partial charge on any atom is -0.481 e. The van der Waals surface area contributed by atoms with Gasteiger partial charge in [-0.15, -0.1) is 0 Å². The molecule has 166 valence electrons. The maximum absolute atomic E-state index is 12.7. The zero-order valence-electron chi connectivity index (χ0n) is 16.7. The Bertz CT molecular complexity index is 1100. The van der Waals surface area contributed by atoms with Gasteiger partial charge in [0.1, 0.15) is 16.5 Å². The van der Waals surface area contributed by atoms with E-state index in [1.165, 1.54) is 19.2 Å². The molecule has 1 aromatic heterocycles. The predicted molar refractivity (Wildman–Crippen MR) is 112 cm³/mol. The summed E-state index contributed by atoms with van der Waals surface area (Å²) in [5.74, 6) is -0.117. The number of hydrogen-bond acceptors (Lipinski definition) is 5. The highest BCUT2D eigenvalue weighted by Crippen LogP contribution is 2.35. The van der Waals surface area contributed by atoms with Gasteiger partial charge < -0.3 is 14.2 Å². The minimum absolute atomic E-state index is 0.111. The molecule has 0 amide bonds. The SMILES string of the molecule is C=C(C(=O)OC)C(Oc1ccc(Oc2ncc(C(F)(F)F)cc2Cl)cc1)c1ccccc1. The van der Waals surface area contributed by atoms with Gasteiger partial charge in [-0.3, -0.25) is 0 Å². The Morgan fingerprint density at radius 2 is 1.69 bits per heavy atom. The molecule has 5 nitrogen and oxygen atoms in total. The summed E-state index contributed by atoms with van der Waals surface area (Å²) < 4.78 is 54.4. The normalized spacial score (nSPS) is 12.0. The van der Waals surface area contributed by atoms with Crippen molar-refractivity contribution < 1.29 is 32.2 Å². The number of nitrogens with zero attached hydrogens (tertiary/aromatic N) is 1. The fourth-order valence-corrected chi connectivity index (χ4v) is 2.90. The van der Waals surface area contributed by atoms with Crippen molar-refractivity contribution in [3.05, 3.63) is 95.2 Å². The molecule has 0 N–H and O–H groups in total. The van der Waals surface area contributed by atoms with Gasteiger partial charge >= 0.3 is 12.1 Å². The Kier molecular flexibility index (Phi) is 7.05. The molecular formula is C23H17ClF3NO4. The van der Waals surface area contributed by atoms with Crippen molar-refractivity contribution in [1.29, 1.82) is 0 Å². The monoisotopic (exact) mass is 463 g/mol. The number of methoxy groups -OCH3 is 1. The lowest BCUT2D eigenvalue weighted by atomic mass is 10.0. The molecule has 32 heavy (non-hydrogen) atoms. The first-order valence-corrected chi connectivity index (χ1v) is 9.56. The average molecular weight is 464 g/mol. The second-order valence-corrected chi connectivity index (χ2v) is 6.91. The Morgan fingerprint density at radius 1 is 1.06 bits per heavy atom. The molecule has 9 heteroatoms. The fraction of sp³-hybridized carbons (Fsp3) is 0.130. The lowest BCUT2D eigenvalue weighted by Crippen LogP contribution is -2.17. The molecule has 1 atom stereocenters. The van der Waals surface area contributed by atoms with E-state index in [9.17, 15) is 18.0 Å². The molecule has 0 fully saturated rings. The van der Waals surface area contributed by atoms with E-state index in [4.69, 9.17) is 25.8 Å². The van der Waals surface area contributed by atoms with Crippen molar-refractivity contribution >= 4 is 17.6 Å². The number of carbonyl (C=O) groups excluding carboxylic acids is 1. The molecule has 0 aliphatic heterocycles. The third-order valence-corrected chi connectivity index (χ3v) is 4.56. The van der Waals surface area contributed by atoms with E-state index in [-0.39, 0.29) is 22.2 Å². The second-order valence-electron chi connectivity index (χ2n) is 6.51. The van der Waals surface area contributed by atoms with Gasteiger partial charge in [-0.25, -0.2) is 9.78 Å². The first-order valence-electron chi connectivity index (χ1n) is 9.18. The molecule has 2 aromatic carbocycles.